The summed E-state index contributed by atoms with van der Waals surface area (Å²) < 4.78 is 18.3. The molecule has 4 aromatic carbocycles. The van der Waals surface area contributed by atoms with Crippen LogP contribution < -0.4 is 4.74 Å². The summed E-state index contributed by atoms with van der Waals surface area (Å²) >= 11 is 1.94. The molecule has 1 amide bonds. The van der Waals surface area contributed by atoms with Crippen molar-refractivity contribution in [2.45, 2.75) is 63.6 Å². The lowest BCUT2D eigenvalue weighted by Gasteiger charge is -2.39. The maximum atomic E-state index is 12.9. The number of likely N-dealkylation sites (tertiary alicyclic amines) is 1. The Bertz CT molecular complexity index is 1450. The van der Waals surface area contributed by atoms with Gasteiger partial charge >= 0.3 is 6.09 Å². The fourth-order valence-corrected chi connectivity index (χ4v) is 6.31. The van der Waals surface area contributed by atoms with Crippen LogP contribution >= 0.6 is 11.8 Å². The smallest absolute Gasteiger partial charge is 0.410 e. The number of rotatable bonds is 11. The van der Waals surface area contributed by atoms with Crippen LogP contribution in [0.3, 0.4) is 0 Å². The third kappa shape index (κ3) is 9.25. The number of hydrogen-bond donors (Lipinski definition) is 0. The van der Waals surface area contributed by atoms with Crippen molar-refractivity contribution >= 4 is 28.6 Å². The highest BCUT2D eigenvalue weighted by Gasteiger charge is 2.35. The summed E-state index contributed by atoms with van der Waals surface area (Å²) in [5.74, 6) is 3.16. The zero-order valence-electron chi connectivity index (χ0n) is 25.5. The van der Waals surface area contributed by atoms with Crippen LogP contribution in [0.1, 0.15) is 56.2 Å². The highest BCUT2D eigenvalue weighted by atomic mass is 32.2. The predicted molar refractivity (Wildman–Crippen MR) is 177 cm³/mol. The van der Waals surface area contributed by atoms with Crippen LogP contribution in [-0.4, -0.2) is 48.1 Å². The van der Waals surface area contributed by atoms with Crippen LogP contribution in [0.15, 0.2) is 97.1 Å². The van der Waals surface area contributed by atoms with Gasteiger partial charge in [0.15, 0.2) is 0 Å². The molecule has 0 N–H and O–H groups in total. The maximum absolute atomic E-state index is 12.9. The number of carbonyl (C=O) groups is 1. The molecule has 1 aliphatic heterocycles. The molecule has 1 aliphatic rings. The highest BCUT2D eigenvalue weighted by Crippen LogP contribution is 2.33. The fraction of sp³-hybridized carbons (Fsp3) is 0.378. The second-order valence-electron chi connectivity index (χ2n) is 12.2. The van der Waals surface area contributed by atoms with Crippen LogP contribution in [0.25, 0.3) is 10.8 Å². The van der Waals surface area contributed by atoms with Gasteiger partial charge in [-0.1, -0.05) is 78.9 Å². The predicted octanol–water partition coefficient (Wildman–Crippen LogP) is 8.85. The third-order valence-electron chi connectivity index (χ3n) is 7.61. The molecular weight excluding hydrogens is 554 g/mol. The van der Waals surface area contributed by atoms with Crippen LogP contribution in [0.2, 0.25) is 0 Å². The molecular formula is C37H43NO4S. The van der Waals surface area contributed by atoms with Crippen LogP contribution in [0, 0.1) is 0 Å². The van der Waals surface area contributed by atoms with Gasteiger partial charge in [-0.2, -0.15) is 11.8 Å². The molecule has 5 nitrogen and oxygen atoms in total. The van der Waals surface area contributed by atoms with Gasteiger partial charge in [0.1, 0.15) is 11.4 Å². The van der Waals surface area contributed by atoms with Gasteiger partial charge in [0.2, 0.25) is 0 Å². The first-order valence-corrected chi connectivity index (χ1v) is 16.4. The largest absolute Gasteiger partial charge is 0.494 e. The van der Waals surface area contributed by atoms with Gasteiger partial charge in [-0.05, 0) is 85.0 Å². The fourth-order valence-electron chi connectivity index (χ4n) is 5.42. The number of fused-ring (bicyclic) bond motifs is 1. The van der Waals surface area contributed by atoms with E-state index in [0.29, 0.717) is 26.3 Å². The van der Waals surface area contributed by atoms with E-state index in [1.165, 1.54) is 21.9 Å². The Balaban J connectivity index is 1.18. The molecule has 0 aliphatic carbocycles. The Morgan fingerprint density at radius 3 is 2.40 bits per heavy atom. The maximum Gasteiger partial charge on any atom is 0.410 e. The van der Waals surface area contributed by atoms with Gasteiger partial charge < -0.3 is 19.1 Å². The van der Waals surface area contributed by atoms with Crippen LogP contribution in [0.5, 0.6) is 5.75 Å². The second kappa shape index (κ2) is 14.8. The average Bonchev–Trinajstić information content (AvgIpc) is 3.01. The quantitative estimate of drug-likeness (QED) is 0.162. The molecule has 5 rings (SSSR count). The van der Waals surface area contributed by atoms with E-state index in [-0.39, 0.29) is 18.1 Å². The van der Waals surface area contributed by atoms with E-state index < -0.39 is 5.60 Å². The average molecular weight is 598 g/mol. The third-order valence-corrected chi connectivity index (χ3v) is 8.73. The Morgan fingerprint density at radius 2 is 1.63 bits per heavy atom. The van der Waals surface area contributed by atoms with E-state index in [1.54, 1.807) is 4.90 Å². The second-order valence-corrected chi connectivity index (χ2v) is 13.3. The first kappa shape index (κ1) is 31.0. The number of carbonyl (C=O) groups excluding carboxylic acids is 1. The van der Waals surface area contributed by atoms with Gasteiger partial charge in [0, 0.05) is 18.2 Å². The number of amides is 1. The molecule has 4 aromatic rings. The Kier molecular flexibility index (Phi) is 10.7. The minimum atomic E-state index is -0.536. The van der Waals surface area contributed by atoms with Crippen molar-refractivity contribution in [3.05, 3.63) is 114 Å². The van der Waals surface area contributed by atoms with E-state index in [4.69, 9.17) is 14.2 Å². The molecule has 0 radical (unpaired) electrons. The molecule has 6 heteroatoms. The standard InChI is InChI=1S/C37H43NO4S/c1-37(2,3)42-36(39)38-21-20-34(35(25-38)41-26-29-14-15-30-12-7-8-13-32(30)24-29)31-16-18-33(19-17-31)40-22-9-23-43-27-28-10-5-4-6-11-28/h4-8,10-19,24,34-35H,9,20-23,25-27H2,1-3H3. The van der Waals surface area contributed by atoms with E-state index >= 15 is 0 Å². The summed E-state index contributed by atoms with van der Waals surface area (Å²) in [5, 5.41) is 2.41. The Hall–Kier alpha value is -3.48. The lowest BCUT2D eigenvalue weighted by Crippen LogP contribution is -2.48. The molecule has 0 spiro atoms. The minimum Gasteiger partial charge on any atom is -0.494 e. The topological polar surface area (TPSA) is 48.0 Å². The van der Waals surface area contributed by atoms with Crippen LogP contribution in [0.4, 0.5) is 4.79 Å². The molecule has 1 heterocycles. The lowest BCUT2D eigenvalue weighted by atomic mass is 9.87. The van der Waals surface area contributed by atoms with Gasteiger partial charge in [0.05, 0.1) is 25.9 Å². The van der Waals surface area contributed by atoms with Crippen molar-refractivity contribution in [2.24, 2.45) is 0 Å². The number of benzene rings is 4. The zero-order valence-corrected chi connectivity index (χ0v) is 26.4. The van der Waals surface area contributed by atoms with Crippen LogP contribution in [-0.2, 0) is 21.8 Å². The number of thioether (sulfide) groups is 1. The number of hydrogen-bond acceptors (Lipinski definition) is 5. The summed E-state index contributed by atoms with van der Waals surface area (Å²) in [7, 11) is 0. The molecule has 0 aromatic heterocycles. The van der Waals surface area contributed by atoms with Crippen molar-refractivity contribution in [3.8, 4) is 5.75 Å². The summed E-state index contributed by atoms with van der Waals surface area (Å²) in [6.07, 6.45) is 1.38. The van der Waals surface area contributed by atoms with Crippen molar-refractivity contribution < 1.29 is 19.0 Å². The van der Waals surface area contributed by atoms with Gasteiger partial charge in [0.25, 0.3) is 0 Å². The van der Waals surface area contributed by atoms with Crippen molar-refractivity contribution in [2.75, 3.05) is 25.4 Å². The molecule has 0 bridgehead atoms. The Morgan fingerprint density at radius 1 is 0.884 bits per heavy atom. The van der Waals surface area contributed by atoms with Gasteiger partial charge in [-0.3, -0.25) is 0 Å². The number of piperidine rings is 1. The molecule has 43 heavy (non-hydrogen) atoms. The summed E-state index contributed by atoms with van der Waals surface area (Å²) in [5.41, 5.74) is 3.15. The normalized spacial score (nSPS) is 17.1. The molecule has 226 valence electrons. The Labute approximate surface area is 260 Å². The molecule has 0 saturated carbocycles. The SMILES string of the molecule is CC(C)(C)OC(=O)N1CCC(c2ccc(OCCCSCc3ccccc3)cc2)C(OCc2ccc3ccccc3c2)C1. The minimum absolute atomic E-state index is 0.152. The molecule has 1 saturated heterocycles. The zero-order chi connectivity index (χ0) is 30.1. The van der Waals surface area contributed by atoms with E-state index in [2.05, 4.69) is 97.1 Å². The molecule has 2 atom stereocenters. The highest BCUT2D eigenvalue weighted by molar-refractivity contribution is 7.98. The van der Waals surface area contributed by atoms with E-state index in [0.717, 1.165) is 35.7 Å². The summed E-state index contributed by atoms with van der Waals surface area (Å²) in [6, 6.07) is 33.8. The first-order valence-electron chi connectivity index (χ1n) is 15.3. The van der Waals surface area contributed by atoms with E-state index in [1.807, 2.05) is 32.5 Å². The van der Waals surface area contributed by atoms with Crippen molar-refractivity contribution in [3.63, 3.8) is 0 Å². The van der Waals surface area contributed by atoms with Crippen molar-refractivity contribution in [1.29, 1.82) is 0 Å². The van der Waals surface area contributed by atoms with Gasteiger partial charge in [-0.25, -0.2) is 4.79 Å². The number of nitrogens with zero attached hydrogens (tertiary/aromatic N) is 1. The van der Waals surface area contributed by atoms with Crippen molar-refractivity contribution in [1.82, 2.24) is 4.90 Å². The van der Waals surface area contributed by atoms with Gasteiger partial charge in [-0.15, -0.1) is 0 Å². The number of ether oxygens (including phenoxy) is 3. The molecule has 1 fully saturated rings. The summed E-state index contributed by atoms with van der Waals surface area (Å²) in [6.45, 7) is 8.01. The molecule has 2 unspecified atom stereocenters. The lowest BCUT2D eigenvalue weighted by molar-refractivity contribution is -0.0359. The summed E-state index contributed by atoms with van der Waals surface area (Å²) in [4.78, 5) is 14.7. The monoisotopic (exact) mass is 597 g/mol. The first-order chi connectivity index (χ1) is 20.8. The van der Waals surface area contributed by atoms with E-state index in [9.17, 15) is 4.79 Å².